The van der Waals surface area contributed by atoms with Crippen molar-refractivity contribution in [1.82, 2.24) is 26.6 Å². The average molecular weight is 736 g/mol. The van der Waals surface area contributed by atoms with Gasteiger partial charge in [-0.1, -0.05) is 100 Å². The molecule has 0 aliphatic carbocycles. The van der Waals surface area contributed by atoms with E-state index >= 15 is 0 Å². The van der Waals surface area contributed by atoms with E-state index in [1.165, 1.54) is 0 Å². The highest BCUT2D eigenvalue weighted by Crippen LogP contribution is 2.16. The Kier molecular flexibility index (Phi) is 21.4. The summed E-state index contributed by atoms with van der Waals surface area (Å²) in [6.45, 7) is 15.5. The number of carbonyl (C=O) groups is 7. The summed E-state index contributed by atoms with van der Waals surface area (Å²) in [7, 11) is 0. The molecular formula is C40H57N5O8. The van der Waals surface area contributed by atoms with Gasteiger partial charge in [-0.3, -0.25) is 28.8 Å². The number of Topliss-reactive ketones (excluding diaryl/α,β-unsaturated/α-hetero) is 1. The van der Waals surface area contributed by atoms with Gasteiger partial charge in [0.25, 0.3) is 5.91 Å². The van der Waals surface area contributed by atoms with Gasteiger partial charge in [0.05, 0.1) is 25.2 Å². The van der Waals surface area contributed by atoms with E-state index in [4.69, 9.17) is 4.74 Å². The Morgan fingerprint density at radius 3 is 2.02 bits per heavy atom. The molecule has 0 fully saturated rings. The summed E-state index contributed by atoms with van der Waals surface area (Å²) < 4.78 is 5.28. The number of amides is 5. The van der Waals surface area contributed by atoms with Gasteiger partial charge in [-0.25, -0.2) is 4.79 Å². The van der Waals surface area contributed by atoms with Crippen LogP contribution in [0.3, 0.4) is 0 Å². The zero-order chi connectivity index (χ0) is 39.9. The maximum absolute atomic E-state index is 13.6. The van der Waals surface area contributed by atoms with Crippen molar-refractivity contribution >= 4 is 41.3 Å². The highest BCUT2D eigenvalue weighted by molar-refractivity contribution is 6.38. The minimum atomic E-state index is -1.26. The third-order valence-electron chi connectivity index (χ3n) is 7.56. The normalized spacial score (nSPS) is 13.8. The minimum absolute atomic E-state index is 0.101. The van der Waals surface area contributed by atoms with Crippen LogP contribution in [-0.4, -0.2) is 72.6 Å². The maximum Gasteiger partial charge on any atom is 0.333 e. The van der Waals surface area contributed by atoms with Crippen molar-refractivity contribution < 1.29 is 38.3 Å². The molecule has 0 aromatic heterocycles. The topological polar surface area (TPSA) is 189 Å². The first-order valence-electron chi connectivity index (χ1n) is 18.0. The van der Waals surface area contributed by atoms with E-state index in [-0.39, 0.29) is 37.6 Å². The third-order valence-corrected chi connectivity index (χ3v) is 7.56. The maximum atomic E-state index is 13.6. The first-order chi connectivity index (χ1) is 25.1. The standard InChI is InChI=1S/C40H57N5O8/c1-9-15-31(37(49)39(51)42-25-35(48)45-36(40(52)53-27(6)7)30-17-13-12-14-18-30)44-38(50)32(43-34(47)24-41-33(46)16-10-2)23-28(8)20-22-29(11-3)21-19-26(4)5/h11-14,17-22,27-28,31-32,36H,4,9-10,15-16,23-25H2,1-3,5-8H3,(H,41,46)(H,42,51)(H,43,47)(H,44,50)(H,45,48)/b21-19-,22-20+,29-11+. The second-order valence-corrected chi connectivity index (χ2v) is 13.0. The molecule has 1 aromatic carbocycles. The molecule has 1 aromatic rings. The highest BCUT2D eigenvalue weighted by atomic mass is 16.5. The van der Waals surface area contributed by atoms with Crippen LogP contribution in [0.5, 0.6) is 0 Å². The van der Waals surface area contributed by atoms with Crippen LogP contribution >= 0.6 is 0 Å². The molecule has 5 N–H and O–H groups in total. The number of hydrogen-bond donors (Lipinski definition) is 5. The van der Waals surface area contributed by atoms with Gasteiger partial charge in [0.1, 0.15) is 6.04 Å². The lowest BCUT2D eigenvalue weighted by atomic mass is 9.98. The first kappa shape index (κ1) is 45.7. The Morgan fingerprint density at radius 1 is 0.792 bits per heavy atom. The molecule has 0 aliphatic heterocycles. The van der Waals surface area contributed by atoms with E-state index in [1.54, 1.807) is 51.1 Å². The molecular weight excluding hydrogens is 678 g/mol. The predicted molar refractivity (Wildman–Crippen MR) is 204 cm³/mol. The molecule has 0 saturated heterocycles. The first-order valence-corrected chi connectivity index (χ1v) is 18.0. The zero-order valence-corrected chi connectivity index (χ0v) is 32.1. The minimum Gasteiger partial charge on any atom is -0.461 e. The molecule has 1 rings (SSSR count). The second-order valence-electron chi connectivity index (χ2n) is 13.0. The van der Waals surface area contributed by atoms with Crippen molar-refractivity contribution in [1.29, 1.82) is 0 Å². The molecule has 13 nitrogen and oxygen atoms in total. The summed E-state index contributed by atoms with van der Waals surface area (Å²) in [5.41, 5.74) is 2.25. The van der Waals surface area contributed by atoms with Gasteiger partial charge in [0.2, 0.25) is 29.4 Å². The highest BCUT2D eigenvalue weighted by Gasteiger charge is 2.31. The molecule has 290 valence electrons. The summed E-state index contributed by atoms with van der Waals surface area (Å²) >= 11 is 0. The van der Waals surface area contributed by atoms with Crippen LogP contribution in [0.4, 0.5) is 0 Å². The fraction of sp³-hybridized carbons (Fsp3) is 0.475. The second kappa shape index (κ2) is 24.8. The molecule has 0 radical (unpaired) electrons. The number of hydrogen-bond acceptors (Lipinski definition) is 8. The smallest absolute Gasteiger partial charge is 0.333 e. The van der Waals surface area contributed by atoms with Gasteiger partial charge in [-0.2, -0.15) is 0 Å². The fourth-order valence-electron chi connectivity index (χ4n) is 4.86. The number of rotatable bonds is 23. The molecule has 0 heterocycles. The van der Waals surface area contributed by atoms with Crippen LogP contribution in [0.2, 0.25) is 0 Å². The van der Waals surface area contributed by atoms with Gasteiger partial charge in [-0.05, 0) is 64.0 Å². The van der Waals surface area contributed by atoms with E-state index in [2.05, 4.69) is 33.2 Å². The van der Waals surface area contributed by atoms with Gasteiger partial charge < -0.3 is 31.3 Å². The molecule has 0 aliphatic rings. The Labute approximate surface area is 313 Å². The lowest BCUT2D eigenvalue weighted by Crippen LogP contribution is -2.55. The third kappa shape index (κ3) is 18.6. The van der Waals surface area contributed by atoms with Crippen LogP contribution in [0.1, 0.15) is 92.2 Å². The van der Waals surface area contributed by atoms with Crippen molar-refractivity contribution in [3.63, 3.8) is 0 Å². The van der Waals surface area contributed by atoms with Crippen LogP contribution in [0, 0.1) is 5.92 Å². The Morgan fingerprint density at radius 2 is 1.43 bits per heavy atom. The van der Waals surface area contributed by atoms with Crippen LogP contribution in [0.15, 0.2) is 78.4 Å². The Hall–Kier alpha value is -5.33. The van der Waals surface area contributed by atoms with E-state index in [0.29, 0.717) is 18.4 Å². The van der Waals surface area contributed by atoms with E-state index in [0.717, 1.165) is 11.1 Å². The van der Waals surface area contributed by atoms with Gasteiger partial charge in [0.15, 0.2) is 6.04 Å². The van der Waals surface area contributed by atoms with Crippen molar-refractivity contribution in [2.24, 2.45) is 5.92 Å². The molecule has 0 bridgehead atoms. The predicted octanol–water partition coefficient (Wildman–Crippen LogP) is 3.83. The van der Waals surface area contributed by atoms with Crippen molar-refractivity contribution in [2.45, 2.75) is 105 Å². The average Bonchev–Trinajstić information content (AvgIpc) is 3.11. The fourth-order valence-corrected chi connectivity index (χ4v) is 4.86. The molecule has 5 amide bonds. The number of esters is 1. The van der Waals surface area contributed by atoms with Gasteiger partial charge >= 0.3 is 5.97 Å². The summed E-state index contributed by atoms with van der Waals surface area (Å²) in [5.74, 6) is -5.37. The molecule has 4 atom stereocenters. The monoisotopic (exact) mass is 735 g/mol. The van der Waals surface area contributed by atoms with Crippen LogP contribution in [-0.2, 0) is 38.3 Å². The quantitative estimate of drug-likeness (QED) is 0.0637. The lowest BCUT2D eigenvalue weighted by Gasteiger charge is -2.24. The van der Waals surface area contributed by atoms with Crippen molar-refractivity contribution in [3.8, 4) is 0 Å². The molecule has 0 spiro atoms. The van der Waals surface area contributed by atoms with Crippen LogP contribution in [0.25, 0.3) is 0 Å². The lowest BCUT2D eigenvalue weighted by molar-refractivity contribution is -0.151. The van der Waals surface area contributed by atoms with E-state index in [9.17, 15) is 33.6 Å². The van der Waals surface area contributed by atoms with Gasteiger partial charge in [0, 0.05) is 6.42 Å². The zero-order valence-electron chi connectivity index (χ0n) is 32.1. The number of ether oxygens (including phenoxy) is 1. The molecule has 0 saturated carbocycles. The van der Waals surface area contributed by atoms with Gasteiger partial charge in [-0.15, -0.1) is 0 Å². The largest absolute Gasteiger partial charge is 0.461 e. The number of carbonyl (C=O) groups excluding carboxylic acids is 7. The number of allylic oxidation sites excluding steroid dienone is 7. The molecule has 53 heavy (non-hydrogen) atoms. The number of ketones is 1. The Bertz CT molecular complexity index is 1520. The number of nitrogens with one attached hydrogen (secondary N) is 5. The molecule has 4 unspecified atom stereocenters. The summed E-state index contributed by atoms with van der Waals surface area (Å²) in [5, 5.41) is 12.6. The van der Waals surface area contributed by atoms with Crippen LogP contribution < -0.4 is 26.6 Å². The van der Waals surface area contributed by atoms with E-state index < -0.39 is 66.2 Å². The van der Waals surface area contributed by atoms with E-state index in [1.807, 2.05) is 58.1 Å². The molecule has 13 heteroatoms. The van der Waals surface area contributed by atoms with Crippen molar-refractivity contribution in [3.05, 3.63) is 84.0 Å². The Balaban J connectivity index is 3.09. The number of benzene rings is 1. The summed E-state index contributed by atoms with van der Waals surface area (Å²) in [6, 6.07) is 4.90. The van der Waals surface area contributed by atoms with Crippen molar-refractivity contribution in [2.75, 3.05) is 13.1 Å². The summed E-state index contributed by atoms with van der Waals surface area (Å²) in [4.78, 5) is 90.2. The summed E-state index contributed by atoms with van der Waals surface area (Å²) in [6.07, 6.45) is 10.5. The SMILES string of the molecule is C=C(C)\C=C/C(=C\C)/C=C/C(C)CC(NC(=O)CNC(=O)CCC)C(=O)NC(CCC)C(=O)C(=O)NCC(=O)NC(C(=O)OC(C)C)c1ccccc1.